The molecule has 1 aliphatic heterocycles. The molecule has 1 saturated heterocycles. The van der Waals surface area contributed by atoms with E-state index in [2.05, 4.69) is 35.8 Å². The zero-order valence-electron chi connectivity index (χ0n) is 17.6. The van der Waals surface area contributed by atoms with E-state index in [1.165, 1.54) is 17.5 Å². The molecule has 166 valence electrons. The Labute approximate surface area is 194 Å². The van der Waals surface area contributed by atoms with Crippen molar-refractivity contribution in [2.75, 3.05) is 41.7 Å². The minimum absolute atomic E-state index is 0.262. The number of rotatable bonds is 6. The number of para-hydroxylation sites is 1. The van der Waals surface area contributed by atoms with Gasteiger partial charge in [0.05, 0.1) is 16.9 Å². The molecule has 2 aromatic heterocycles. The van der Waals surface area contributed by atoms with E-state index in [1.807, 2.05) is 19.1 Å². The molecule has 3 heterocycles. The van der Waals surface area contributed by atoms with Crippen LogP contribution in [0.5, 0.6) is 0 Å². The summed E-state index contributed by atoms with van der Waals surface area (Å²) in [5.74, 6) is 2.10. The van der Waals surface area contributed by atoms with Crippen molar-refractivity contribution in [2.45, 2.75) is 25.7 Å². The molecule has 32 heavy (non-hydrogen) atoms. The van der Waals surface area contributed by atoms with Crippen LogP contribution < -0.4 is 20.9 Å². The van der Waals surface area contributed by atoms with Gasteiger partial charge in [-0.1, -0.05) is 35.1 Å². The van der Waals surface area contributed by atoms with Crippen LogP contribution in [-0.4, -0.2) is 52.0 Å². The summed E-state index contributed by atoms with van der Waals surface area (Å²) in [6, 6.07) is 5.49. The summed E-state index contributed by atoms with van der Waals surface area (Å²) in [5, 5.41) is 10.4. The number of nitrogens with one attached hydrogen (secondary N) is 3. The fourth-order valence-corrected chi connectivity index (χ4v) is 4.44. The molecule has 2 aliphatic rings. The Hall–Kier alpha value is -2.82. The number of amides is 1. The average molecular weight is 471 g/mol. The maximum absolute atomic E-state index is 12.7. The van der Waals surface area contributed by atoms with E-state index in [4.69, 9.17) is 16.6 Å². The van der Waals surface area contributed by atoms with E-state index in [1.54, 1.807) is 6.07 Å². The summed E-state index contributed by atoms with van der Waals surface area (Å²) in [5.41, 5.74) is 1.50. The molecule has 0 spiro atoms. The first-order valence-corrected chi connectivity index (χ1v) is 11.8. The molecule has 3 N–H and O–H groups in total. The molecule has 1 aromatic carbocycles. The monoisotopic (exact) mass is 470 g/mol. The maximum atomic E-state index is 12.7. The third-order valence-corrected chi connectivity index (χ3v) is 6.62. The SMILES string of the molecule is Cc1cccc(Cl)c1NC(=O)c1cnc(Nc2nc(C3CC3)nc(N3CCNCC3)n2)s1. The van der Waals surface area contributed by atoms with Crippen molar-refractivity contribution in [2.24, 2.45) is 0 Å². The fraction of sp³-hybridized carbons (Fsp3) is 0.381. The fourth-order valence-electron chi connectivity index (χ4n) is 3.46. The van der Waals surface area contributed by atoms with E-state index < -0.39 is 0 Å². The van der Waals surface area contributed by atoms with E-state index in [0.29, 0.717) is 38.5 Å². The van der Waals surface area contributed by atoms with Gasteiger partial charge in [-0.15, -0.1) is 0 Å². The van der Waals surface area contributed by atoms with Crippen LogP contribution in [0.1, 0.15) is 39.8 Å². The summed E-state index contributed by atoms with van der Waals surface area (Å²) in [6.45, 7) is 5.43. The molecule has 9 nitrogen and oxygen atoms in total. The molecule has 1 amide bonds. The van der Waals surface area contributed by atoms with Crippen LogP contribution >= 0.6 is 22.9 Å². The molecular weight excluding hydrogens is 448 g/mol. The number of carbonyl (C=O) groups excluding carboxylic acids is 1. The Morgan fingerprint density at radius 1 is 1.22 bits per heavy atom. The van der Waals surface area contributed by atoms with Crippen molar-refractivity contribution in [1.82, 2.24) is 25.3 Å². The lowest BCUT2D eigenvalue weighted by molar-refractivity contribution is 0.103. The number of hydrogen-bond donors (Lipinski definition) is 3. The highest BCUT2D eigenvalue weighted by Gasteiger charge is 2.29. The van der Waals surface area contributed by atoms with Crippen molar-refractivity contribution >= 4 is 51.6 Å². The smallest absolute Gasteiger partial charge is 0.267 e. The first-order valence-electron chi connectivity index (χ1n) is 10.6. The van der Waals surface area contributed by atoms with Crippen LogP contribution in [0.3, 0.4) is 0 Å². The average Bonchev–Trinajstić information content (AvgIpc) is 3.56. The zero-order valence-corrected chi connectivity index (χ0v) is 19.1. The Balaban J connectivity index is 1.33. The molecule has 0 radical (unpaired) electrons. The quantitative estimate of drug-likeness (QED) is 0.501. The van der Waals surface area contributed by atoms with Gasteiger partial charge < -0.3 is 15.5 Å². The Morgan fingerprint density at radius 3 is 2.78 bits per heavy atom. The molecule has 1 aliphatic carbocycles. The van der Waals surface area contributed by atoms with Crippen molar-refractivity contribution in [3.63, 3.8) is 0 Å². The lowest BCUT2D eigenvalue weighted by Gasteiger charge is -2.27. The standard InChI is InChI=1S/C21H23ClN8OS/c1-12-3-2-4-14(22)16(12)25-18(31)15-11-24-21(32-15)29-19-26-17(13-5-6-13)27-20(28-19)30-9-7-23-8-10-30/h2-4,11,13,23H,5-10H2,1H3,(H,25,31)(H,24,26,27,28,29). The number of hydrogen-bond acceptors (Lipinski definition) is 9. The second-order valence-corrected chi connectivity index (χ2v) is 9.31. The lowest BCUT2D eigenvalue weighted by atomic mass is 10.2. The Morgan fingerprint density at radius 2 is 2.03 bits per heavy atom. The van der Waals surface area contributed by atoms with Gasteiger partial charge in [0.1, 0.15) is 10.7 Å². The Kier molecular flexibility index (Phi) is 5.90. The predicted octanol–water partition coefficient (Wildman–Crippen LogP) is 3.57. The zero-order chi connectivity index (χ0) is 22.1. The number of carbonyl (C=O) groups is 1. The normalized spacial score (nSPS) is 16.1. The molecule has 0 bridgehead atoms. The lowest BCUT2D eigenvalue weighted by Crippen LogP contribution is -2.44. The number of anilines is 4. The molecule has 1 saturated carbocycles. The summed E-state index contributed by atoms with van der Waals surface area (Å²) in [7, 11) is 0. The van der Waals surface area contributed by atoms with Gasteiger partial charge in [-0.3, -0.25) is 10.1 Å². The summed E-state index contributed by atoms with van der Waals surface area (Å²) in [4.78, 5) is 33.6. The molecule has 11 heteroatoms. The highest BCUT2D eigenvalue weighted by molar-refractivity contribution is 7.17. The van der Waals surface area contributed by atoms with E-state index in [-0.39, 0.29) is 5.91 Å². The van der Waals surface area contributed by atoms with E-state index in [9.17, 15) is 4.79 Å². The van der Waals surface area contributed by atoms with Crippen LogP contribution in [-0.2, 0) is 0 Å². The molecule has 5 rings (SSSR count). The number of piperazine rings is 1. The van der Waals surface area contributed by atoms with Crippen LogP contribution in [0.25, 0.3) is 0 Å². The van der Waals surface area contributed by atoms with E-state index in [0.717, 1.165) is 50.4 Å². The van der Waals surface area contributed by atoms with Gasteiger partial charge in [-0.25, -0.2) is 4.98 Å². The number of benzene rings is 1. The third kappa shape index (κ3) is 4.67. The highest BCUT2D eigenvalue weighted by Crippen LogP contribution is 2.39. The molecule has 3 aromatic rings. The first kappa shape index (κ1) is 21.0. The summed E-state index contributed by atoms with van der Waals surface area (Å²) < 4.78 is 0. The van der Waals surface area contributed by atoms with Gasteiger partial charge in [-0.05, 0) is 31.4 Å². The number of halogens is 1. The van der Waals surface area contributed by atoms with Crippen molar-refractivity contribution in [3.05, 3.63) is 45.7 Å². The second kappa shape index (κ2) is 8.97. The number of thiazole rings is 1. The minimum Gasteiger partial charge on any atom is -0.338 e. The molecule has 2 fully saturated rings. The number of nitrogens with zero attached hydrogens (tertiary/aromatic N) is 5. The predicted molar refractivity (Wildman–Crippen MR) is 126 cm³/mol. The highest BCUT2D eigenvalue weighted by atomic mass is 35.5. The van der Waals surface area contributed by atoms with Gasteiger partial charge in [0.15, 0.2) is 5.13 Å². The topological polar surface area (TPSA) is 108 Å². The van der Waals surface area contributed by atoms with Crippen molar-refractivity contribution in [1.29, 1.82) is 0 Å². The first-order chi connectivity index (χ1) is 15.6. The van der Waals surface area contributed by atoms with Gasteiger partial charge in [0.2, 0.25) is 11.9 Å². The molecule has 0 atom stereocenters. The second-order valence-electron chi connectivity index (χ2n) is 7.87. The van der Waals surface area contributed by atoms with Gasteiger partial charge in [0.25, 0.3) is 5.91 Å². The van der Waals surface area contributed by atoms with Crippen LogP contribution in [0.4, 0.5) is 22.7 Å². The van der Waals surface area contributed by atoms with Crippen molar-refractivity contribution < 1.29 is 4.79 Å². The summed E-state index contributed by atoms with van der Waals surface area (Å²) >= 11 is 7.46. The largest absolute Gasteiger partial charge is 0.338 e. The Bertz CT molecular complexity index is 1120. The molecule has 0 unspecified atom stereocenters. The number of aryl methyl sites for hydroxylation is 1. The van der Waals surface area contributed by atoms with Gasteiger partial charge >= 0.3 is 0 Å². The van der Waals surface area contributed by atoms with Crippen molar-refractivity contribution in [3.8, 4) is 0 Å². The summed E-state index contributed by atoms with van der Waals surface area (Å²) in [6.07, 6.45) is 3.75. The molecular formula is C21H23ClN8OS. The van der Waals surface area contributed by atoms with Crippen LogP contribution in [0, 0.1) is 6.92 Å². The number of aromatic nitrogens is 4. The van der Waals surface area contributed by atoms with Gasteiger partial charge in [-0.2, -0.15) is 15.0 Å². The minimum atomic E-state index is -0.262. The third-order valence-electron chi connectivity index (χ3n) is 5.39. The van der Waals surface area contributed by atoms with Crippen LogP contribution in [0.15, 0.2) is 24.4 Å². The van der Waals surface area contributed by atoms with Crippen LogP contribution in [0.2, 0.25) is 5.02 Å². The van der Waals surface area contributed by atoms with E-state index >= 15 is 0 Å². The maximum Gasteiger partial charge on any atom is 0.267 e. The van der Waals surface area contributed by atoms with Gasteiger partial charge in [0, 0.05) is 32.1 Å².